The number of piperazine rings is 1. The number of likely N-dealkylation sites (N-methyl/N-ethyl adjacent to an activating group) is 1. The van der Waals surface area contributed by atoms with E-state index in [4.69, 9.17) is 0 Å². The van der Waals surface area contributed by atoms with Gasteiger partial charge in [-0.3, -0.25) is 9.59 Å². The number of halogens is 1. The van der Waals surface area contributed by atoms with Crippen molar-refractivity contribution in [2.24, 2.45) is 0 Å². The number of fused-ring (bicyclic) bond motifs is 1. The van der Waals surface area contributed by atoms with Crippen molar-refractivity contribution in [3.8, 4) is 0 Å². The highest BCUT2D eigenvalue weighted by Crippen LogP contribution is 2.19. The lowest BCUT2D eigenvalue weighted by Crippen LogP contribution is -2.47. The van der Waals surface area contributed by atoms with Crippen molar-refractivity contribution in [1.82, 2.24) is 20.0 Å². The average Bonchev–Trinajstić information content (AvgIpc) is 2.72. The second-order valence-corrected chi connectivity index (χ2v) is 7.13. The fourth-order valence-corrected chi connectivity index (χ4v) is 3.53. The third-order valence-corrected chi connectivity index (χ3v) is 5.20. The minimum Gasteiger partial charge on any atom is -0.336 e. The highest BCUT2D eigenvalue weighted by atomic mass is 19.1. The molecule has 1 fully saturated rings. The van der Waals surface area contributed by atoms with Crippen LogP contribution < -0.4 is 5.56 Å². The van der Waals surface area contributed by atoms with Gasteiger partial charge in [-0.05, 0) is 30.8 Å². The van der Waals surface area contributed by atoms with Crippen LogP contribution in [0.25, 0.3) is 10.8 Å². The second kappa shape index (κ2) is 7.52. The van der Waals surface area contributed by atoms with Crippen LogP contribution in [0.3, 0.4) is 0 Å². The van der Waals surface area contributed by atoms with Gasteiger partial charge in [-0.15, -0.1) is 0 Å². The van der Waals surface area contributed by atoms with E-state index in [0.29, 0.717) is 30.6 Å². The maximum Gasteiger partial charge on any atom is 0.272 e. The van der Waals surface area contributed by atoms with Gasteiger partial charge < -0.3 is 9.80 Å². The average molecular weight is 380 g/mol. The Bertz CT molecular complexity index is 1090. The summed E-state index contributed by atoms with van der Waals surface area (Å²) >= 11 is 0. The van der Waals surface area contributed by atoms with E-state index in [1.165, 1.54) is 6.07 Å². The molecule has 0 saturated carbocycles. The minimum absolute atomic E-state index is 0.0794. The monoisotopic (exact) mass is 380 g/mol. The molecular weight excluding hydrogens is 359 g/mol. The molecule has 0 atom stereocenters. The number of rotatable bonds is 3. The van der Waals surface area contributed by atoms with Gasteiger partial charge in [0, 0.05) is 38.0 Å². The van der Waals surface area contributed by atoms with Crippen molar-refractivity contribution in [2.75, 3.05) is 33.2 Å². The van der Waals surface area contributed by atoms with Crippen molar-refractivity contribution in [2.45, 2.75) is 6.42 Å². The number of H-pyrrole nitrogens is 1. The first-order valence-electron chi connectivity index (χ1n) is 9.25. The third kappa shape index (κ3) is 3.53. The fraction of sp³-hybridized carbons (Fsp3) is 0.286. The van der Waals surface area contributed by atoms with Crippen molar-refractivity contribution in [3.63, 3.8) is 0 Å². The van der Waals surface area contributed by atoms with E-state index in [2.05, 4.69) is 15.1 Å². The molecule has 0 bridgehead atoms. The van der Waals surface area contributed by atoms with Crippen LogP contribution in [0.2, 0.25) is 0 Å². The highest BCUT2D eigenvalue weighted by Gasteiger charge is 2.23. The van der Waals surface area contributed by atoms with E-state index in [9.17, 15) is 14.0 Å². The van der Waals surface area contributed by atoms with E-state index >= 15 is 0 Å². The number of hydrogen-bond donors (Lipinski definition) is 1. The molecule has 0 spiro atoms. The van der Waals surface area contributed by atoms with Crippen LogP contribution >= 0.6 is 0 Å². The second-order valence-electron chi connectivity index (χ2n) is 7.13. The van der Waals surface area contributed by atoms with Crippen LogP contribution in [0, 0.1) is 5.82 Å². The largest absolute Gasteiger partial charge is 0.336 e. The first-order chi connectivity index (χ1) is 13.5. The molecule has 0 unspecified atom stereocenters. The summed E-state index contributed by atoms with van der Waals surface area (Å²) in [6, 6.07) is 11.8. The molecule has 1 N–H and O–H groups in total. The number of hydrogen-bond acceptors (Lipinski definition) is 4. The molecule has 1 aliphatic rings. The first kappa shape index (κ1) is 18.3. The molecule has 6 nitrogen and oxygen atoms in total. The lowest BCUT2D eigenvalue weighted by molar-refractivity contribution is 0.0659. The number of aromatic nitrogens is 2. The summed E-state index contributed by atoms with van der Waals surface area (Å²) in [4.78, 5) is 28.6. The van der Waals surface area contributed by atoms with E-state index in [1.54, 1.807) is 29.2 Å². The quantitative estimate of drug-likeness (QED) is 0.755. The topological polar surface area (TPSA) is 69.3 Å². The molecule has 1 aliphatic heterocycles. The minimum atomic E-state index is -0.521. The zero-order valence-corrected chi connectivity index (χ0v) is 15.6. The number of carbonyl (C=O) groups excluding carboxylic acids is 1. The Labute approximate surface area is 161 Å². The Kier molecular flexibility index (Phi) is 4.92. The molecule has 28 heavy (non-hydrogen) atoms. The zero-order chi connectivity index (χ0) is 19.7. The summed E-state index contributed by atoms with van der Waals surface area (Å²) in [5.41, 5.74) is 1.28. The van der Waals surface area contributed by atoms with E-state index in [-0.39, 0.29) is 17.0 Å². The van der Waals surface area contributed by atoms with Gasteiger partial charge in [0.1, 0.15) is 5.82 Å². The van der Waals surface area contributed by atoms with Crippen LogP contribution in [0.1, 0.15) is 21.6 Å². The first-order valence-corrected chi connectivity index (χ1v) is 9.25. The maximum absolute atomic E-state index is 14.4. The smallest absolute Gasteiger partial charge is 0.272 e. The summed E-state index contributed by atoms with van der Waals surface area (Å²) in [6.07, 6.45) is 0.389. The zero-order valence-electron chi connectivity index (χ0n) is 15.6. The summed E-state index contributed by atoms with van der Waals surface area (Å²) in [6.45, 7) is 2.73. The van der Waals surface area contributed by atoms with Gasteiger partial charge in [-0.25, -0.2) is 9.49 Å². The van der Waals surface area contributed by atoms with Gasteiger partial charge in [-0.1, -0.05) is 24.3 Å². The molecule has 1 amide bonds. The Hall–Kier alpha value is -3.06. The van der Waals surface area contributed by atoms with E-state index in [0.717, 1.165) is 24.0 Å². The van der Waals surface area contributed by atoms with Gasteiger partial charge >= 0.3 is 0 Å². The summed E-state index contributed by atoms with van der Waals surface area (Å²) < 4.78 is 14.4. The molecule has 3 aromatic rings. The predicted octanol–water partition coefficient (Wildman–Crippen LogP) is 2.04. The van der Waals surface area contributed by atoms with Crippen molar-refractivity contribution < 1.29 is 9.18 Å². The van der Waals surface area contributed by atoms with Crippen LogP contribution in [0.5, 0.6) is 0 Å². The molecule has 1 saturated heterocycles. The van der Waals surface area contributed by atoms with Crippen molar-refractivity contribution in [3.05, 3.63) is 75.5 Å². The fourth-order valence-electron chi connectivity index (χ4n) is 3.53. The summed E-state index contributed by atoms with van der Waals surface area (Å²) in [7, 11) is 2.00. The number of nitrogens with zero attached hydrogens (tertiary/aromatic N) is 3. The molecule has 2 heterocycles. The third-order valence-electron chi connectivity index (χ3n) is 5.20. The van der Waals surface area contributed by atoms with Gasteiger partial charge in [0.2, 0.25) is 0 Å². The Morgan fingerprint density at radius 3 is 2.57 bits per heavy atom. The number of amides is 1. The van der Waals surface area contributed by atoms with E-state index < -0.39 is 5.82 Å². The van der Waals surface area contributed by atoms with Crippen LogP contribution in [-0.2, 0) is 6.42 Å². The van der Waals surface area contributed by atoms with Crippen LogP contribution in [-0.4, -0.2) is 59.1 Å². The van der Waals surface area contributed by atoms with Gasteiger partial charge in [-0.2, -0.15) is 5.10 Å². The van der Waals surface area contributed by atoms with Crippen molar-refractivity contribution in [1.29, 1.82) is 0 Å². The lowest BCUT2D eigenvalue weighted by Gasteiger charge is -2.32. The molecule has 7 heteroatoms. The number of carbonyl (C=O) groups is 1. The summed E-state index contributed by atoms with van der Waals surface area (Å²) in [5, 5.41) is 7.98. The predicted molar refractivity (Wildman–Crippen MR) is 105 cm³/mol. The Morgan fingerprint density at radius 1 is 1.11 bits per heavy atom. The number of nitrogens with one attached hydrogen (secondary N) is 1. The van der Waals surface area contributed by atoms with Gasteiger partial charge in [0.05, 0.1) is 16.6 Å². The SMILES string of the molecule is CN1CCN(C(=O)c2cc(Cc3n[nH]c(=O)c4ccccc34)ccc2F)CC1. The Balaban J connectivity index is 1.64. The van der Waals surface area contributed by atoms with Crippen LogP contribution in [0.4, 0.5) is 4.39 Å². The molecule has 1 aromatic heterocycles. The number of aromatic amines is 1. The molecule has 2 aromatic carbocycles. The van der Waals surface area contributed by atoms with Gasteiger partial charge in [0.25, 0.3) is 11.5 Å². The molecule has 144 valence electrons. The Morgan fingerprint density at radius 2 is 1.82 bits per heavy atom. The summed E-state index contributed by atoms with van der Waals surface area (Å²) in [5.74, 6) is -0.807. The van der Waals surface area contributed by atoms with Crippen molar-refractivity contribution >= 4 is 16.7 Å². The molecule has 0 radical (unpaired) electrons. The van der Waals surface area contributed by atoms with E-state index in [1.807, 2.05) is 19.2 Å². The molecular formula is C21H21FN4O2. The van der Waals surface area contributed by atoms with Gasteiger partial charge in [0.15, 0.2) is 0 Å². The number of benzene rings is 2. The normalized spacial score (nSPS) is 15.1. The standard InChI is InChI=1S/C21H21FN4O2/c1-25-8-10-26(11-9-25)21(28)17-12-14(6-7-18(17)22)13-19-15-4-2-3-5-16(15)20(27)24-23-19/h2-7,12H,8-11,13H2,1H3,(H,24,27). The van der Waals surface area contributed by atoms with Crippen LogP contribution in [0.15, 0.2) is 47.3 Å². The lowest BCUT2D eigenvalue weighted by atomic mass is 10.0. The highest BCUT2D eigenvalue weighted by molar-refractivity contribution is 5.95. The molecule has 0 aliphatic carbocycles. The molecule has 4 rings (SSSR count). The maximum atomic E-state index is 14.4.